The maximum absolute atomic E-state index is 11.2. The third kappa shape index (κ3) is 8.17. The van der Waals surface area contributed by atoms with Crippen LogP contribution in [0.25, 0.3) is 0 Å². The van der Waals surface area contributed by atoms with Gasteiger partial charge < -0.3 is 10.5 Å². The minimum atomic E-state index is -0.702. The summed E-state index contributed by atoms with van der Waals surface area (Å²) in [7, 11) is 0.956. The largest absolute Gasteiger partial charge is 0.385 e. The van der Waals surface area contributed by atoms with Gasteiger partial charge in [0.25, 0.3) is 0 Å². The standard InChI is InChI=1S/C8H19NO2S/c1-8(9)4-7-12(10)6-3-5-11-2/h8H,3-7,9H2,1-2H3. The van der Waals surface area contributed by atoms with Gasteiger partial charge in [0.1, 0.15) is 0 Å². The molecule has 3 nitrogen and oxygen atoms in total. The lowest BCUT2D eigenvalue weighted by Gasteiger charge is -2.04. The van der Waals surface area contributed by atoms with Crippen molar-refractivity contribution < 1.29 is 8.95 Å². The molecule has 4 heteroatoms. The molecule has 0 aromatic carbocycles. The molecule has 0 fully saturated rings. The number of hydrogen-bond acceptors (Lipinski definition) is 3. The zero-order valence-electron chi connectivity index (χ0n) is 7.91. The summed E-state index contributed by atoms with van der Waals surface area (Å²) < 4.78 is 16.1. The fraction of sp³-hybridized carbons (Fsp3) is 1.00. The van der Waals surface area contributed by atoms with Crippen LogP contribution >= 0.6 is 0 Å². The molecule has 0 radical (unpaired) electrons. The number of ether oxygens (including phenoxy) is 1. The fourth-order valence-corrected chi connectivity index (χ4v) is 2.06. The van der Waals surface area contributed by atoms with Gasteiger partial charge in [-0.15, -0.1) is 0 Å². The van der Waals surface area contributed by atoms with Crippen LogP contribution in [-0.4, -0.2) is 35.5 Å². The molecule has 0 rings (SSSR count). The van der Waals surface area contributed by atoms with Crippen LogP contribution in [0, 0.1) is 0 Å². The van der Waals surface area contributed by atoms with Gasteiger partial charge in [-0.25, -0.2) is 0 Å². The molecule has 0 heterocycles. The van der Waals surface area contributed by atoms with Crippen molar-refractivity contribution in [2.45, 2.75) is 25.8 Å². The van der Waals surface area contributed by atoms with Gasteiger partial charge in [0.15, 0.2) is 0 Å². The molecule has 12 heavy (non-hydrogen) atoms. The van der Waals surface area contributed by atoms with E-state index < -0.39 is 10.8 Å². The summed E-state index contributed by atoms with van der Waals surface area (Å²) in [5.74, 6) is 1.46. The second-order valence-electron chi connectivity index (χ2n) is 2.96. The molecule has 0 aliphatic heterocycles. The zero-order valence-corrected chi connectivity index (χ0v) is 8.73. The molecule has 74 valence electrons. The Kier molecular flexibility index (Phi) is 7.75. The van der Waals surface area contributed by atoms with Crippen molar-refractivity contribution >= 4 is 10.8 Å². The van der Waals surface area contributed by atoms with Gasteiger partial charge >= 0.3 is 0 Å². The molecule has 0 saturated carbocycles. The first-order chi connectivity index (χ1) is 5.66. The van der Waals surface area contributed by atoms with Crippen LogP contribution in [0.4, 0.5) is 0 Å². The van der Waals surface area contributed by atoms with Crippen LogP contribution in [0.15, 0.2) is 0 Å². The first-order valence-electron chi connectivity index (χ1n) is 4.26. The Bertz CT molecular complexity index is 128. The van der Waals surface area contributed by atoms with E-state index in [2.05, 4.69) is 0 Å². The van der Waals surface area contributed by atoms with E-state index in [0.717, 1.165) is 24.3 Å². The highest BCUT2D eigenvalue weighted by molar-refractivity contribution is 7.84. The van der Waals surface area contributed by atoms with E-state index in [0.29, 0.717) is 6.61 Å². The van der Waals surface area contributed by atoms with Crippen LogP contribution in [-0.2, 0) is 15.5 Å². The number of nitrogens with two attached hydrogens (primary N) is 1. The second kappa shape index (κ2) is 7.71. The summed E-state index contributed by atoms with van der Waals surface area (Å²) in [6.07, 6.45) is 1.72. The Hall–Kier alpha value is 0.0700. The normalized spacial score (nSPS) is 15.9. The summed E-state index contributed by atoms with van der Waals surface area (Å²) in [6, 6.07) is 0.163. The molecule has 0 bridgehead atoms. The van der Waals surface area contributed by atoms with Gasteiger partial charge in [0, 0.05) is 42.1 Å². The van der Waals surface area contributed by atoms with Gasteiger partial charge in [-0.3, -0.25) is 4.21 Å². The van der Waals surface area contributed by atoms with Crippen molar-refractivity contribution in [2.75, 3.05) is 25.2 Å². The Morgan fingerprint density at radius 1 is 1.50 bits per heavy atom. The number of methoxy groups -OCH3 is 1. The summed E-state index contributed by atoms with van der Waals surface area (Å²) in [6.45, 7) is 2.64. The molecule has 0 aromatic heterocycles. The lowest BCUT2D eigenvalue weighted by Crippen LogP contribution is -2.18. The third-order valence-corrected chi connectivity index (χ3v) is 2.96. The summed E-state index contributed by atoms with van der Waals surface area (Å²) >= 11 is 0. The molecule has 0 aromatic rings. The lowest BCUT2D eigenvalue weighted by molar-refractivity contribution is 0.200. The molecule has 0 spiro atoms. The highest BCUT2D eigenvalue weighted by Gasteiger charge is 2.01. The minimum Gasteiger partial charge on any atom is -0.385 e. The summed E-state index contributed by atoms with van der Waals surface area (Å²) in [4.78, 5) is 0. The van der Waals surface area contributed by atoms with Crippen LogP contribution < -0.4 is 5.73 Å². The van der Waals surface area contributed by atoms with Crippen molar-refractivity contribution in [1.29, 1.82) is 0 Å². The quantitative estimate of drug-likeness (QED) is 0.599. The van der Waals surface area contributed by atoms with Crippen molar-refractivity contribution in [2.24, 2.45) is 5.73 Å². The zero-order chi connectivity index (χ0) is 9.40. The molecule has 2 unspecified atom stereocenters. The smallest absolute Gasteiger partial charge is 0.0471 e. The van der Waals surface area contributed by atoms with Gasteiger partial charge in [-0.1, -0.05) is 0 Å². The molecule has 2 N–H and O–H groups in total. The molecular weight excluding hydrogens is 174 g/mol. The monoisotopic (exact) mass is 193 g/mol. The van der Waals surface area contributed by atoms with Crippen molar-refractivity contribution in [3.05, 3.63) is 0 Å². The van der Waals surface area contributed by atoms with E-state index in [4.69, 9.17) is 10.5 Å². The van der Waals surface area contributed by atoms with E-state index in [1.54, 1.807) is 7.11 Å². The minimum absolute atomic E-state index is 0.163. The number of rotatable bonds is 7. The molecule has 0 saturated heterocycles. The van der Waals surface area contributed by atoms with E-state index in [1.165, 1.54) is 0 Å². The van der Waals surface area contributed by atoms with Crippen LogP contribution in [0.1, 0.15) is 19.8 Å². The Labute approximate surface area is 77.1 Å². The van der Waals surface area contributed by atoms with E-state index >= 15 is 0 Å². The van der Waals surface area contributed by atoms with Gasteiger partial charge in [-0.2, -0.15) is 0 Å². The highest BCUT2D eigenvalue weighted by Crippen LogP contribution is 1.94. The van der Waals surface area contributed by atoms with E-state index in [9.17, 15) is 4.21 Å². The molecule has 0 aliphatic carbocycles. The highest BCUT2D eigenvalue weighted by atomic mass is 32.2. The predicted molar refractivity (Wildman–Crippen MR) is 52.6 cm³/mol. The van der Waals surface area contributed by atoms with Crippen LogP contribution in [0.3, 0.4) is 0 Å². The molecular formula is C8H19NO2S. The Morgan fingerprint density at radius 3 is 2.67 bits per heavy atom. The maximum atomic E-state index is 11.2. The number of hydrogen-bond donors (Lipinski definition) is 1. The van der Waals surface area contributed by atoms with Crippen LogP contribution in [0.5, 0.6) is 0 Å². The SMILES string of the molecule is COCCCS(=O)CCC(C)N. The van der Waals surface area contributed by atoms with Gasteiger partial charge in [0.2, 0.25) is 0 Å². The average Bonchev–Trinajstić information content (AvgIpc) is 2.01. The van der Waals surface area contributed by atoms with Crippen LogP contribution in [0.2, 0.25) is 0 Å². The van der Waals surface area contributed by atoms with Crippen molar-refractivity contribution in [1.82, 2.24) is 0 Å². The summed E-state index contributed by atoms with van der Waals surface area (Å²) in [5, 5.41) is 0. The summed E-state index contributed by atoms with van der Waals surface area (Å²) in [5.41, 5.74) is 5.54. The lowest BCUT2D eigenvalue weighted by atomic mass is 10.3. The van der Waals surface area contributed by atoms with Crippen molar-refractivity contribution in [3.8, 4) is 0 Å². The van der Waals surface area contributed by atoms with Crippen molar-refractivity contribution in [3.63, 3.8) is 0 Å². The fourth-order valence-electron chi connectivity index (χ4n) is 0.784. The second-order valence-corrected chi connectivity index (χ2v) is 4.66. The topological polar surface area (TPSA) is 52.3 Å². The first-order valence-corrected chi connectivity index (χ1v) is 5.75. The molecule has 2 atom stereocenters. The molecule has 0 amide bonds. The third-order valence-electron chi connectivity index (χ3n) is 1.52. The predicted octanol–water partition coefficient (Wildman–Crippen LogP) is 0.509. The Morgan fingerprint density at radius 2 is 2.17 bits per heavy atom. The maximum Gasteiger partial charge on any atom is 0.0471 e. The first kappa shape index (κ1) is 12.1. The molecule has 0 aliphatic rings. The van der Waals surface area contributed by atoms with E-state index in [-0.39, 0.29) is 6.04 Å². The van der Waals surface area contributed by atoms with E-state index in [1.807, 2.05) is 6.92 Å². The van der Waals surface area contributed by atoms with Gasteiger partial charge in [0.05, 0.1) is 0 Å². The Balaban J connectivity index is 3.22. The average molecular weight is 193 g/mol. The van der Waals surface area contributed by atoms with Gasteiger partial charge in [-0.05, 0) is 19.8 Å².